The van der Waals surface area contributed by atoms with E-state index in [-0.39, 0.29) is 6.61 Å². The van der Waals surface area contributed by atoms with E-state index in [4.69, 9.17) is 10.5 Å². The molecule has 0 saturated carbocycles. The minimum atomic E-state index is -0.568. The molecule has 0 saturated heterocycles. The third-order valence-corrected chi connectivity index (χ3v) is 1.50. The molecular weight excluding hydrogens is 168 g/mol. The second-order valence-electron chi connectivity index (χ2n) is 2.75. The molecule has 0 aliphatic rings. The maximum absolute atomic E-state index is 11.0. The second-order valence-corrected chi connectivity index (χ2v) is 2.75. The van der Waals surface area contributed by atoms with Crippen molar-refractivity contribution < 1.29 is 9.53 Å². The van der Waals surface area contributed by atoms with Crippen molar-refractivity contribution in [2.24, 2.45) is 5.73 Å². The predicted octanol–water partition coefficient (Wildman–Crippen LogP) is 0.472. The molecule has 1 aromatic rings. The molecule has 0 aliphatic heterocycles. The van der Waals surface area contributed by atoms with Crippen molar-refractivity contribution in [3.05, 3.63) is 30.1 Å². The summed E-state index contributed by atoms with van der Waals surface area (Å²) in [6.45, 7) is 1.85. The van der Waals surface area contributed by atoms with Gasteiger partial charge in [-0.1, -0.05) is 0 Å². The van der Waals surface area contributed by atoms with E-state index < -0.39 is 12.0 Å². The van der Waals surface area contributed by atoms with Crippen molar-refractivity contribution in [2.75, 3.05) is 0 Å². The quantitative estimate of drug-likeness (QED) is 0.687. The number of rotatable bonds is 3. The van der Waals surface area contributed by atoms with Gasteiger partial charge < -0.3 is 10.5 Å². The lowest BCUT2D eigenvalue weighted by molar-refractivity contribution is -0.146. The van der Waals surface area contributed by atoms with E-state index in [9.17, 15) is 4.79 Å². The zero-order valence-electron chi connectivity index (χ0n) is 7.43. The highest BCUT2D eigenvalue weighted by atomic mass is 16.5. The maximum atomic E-state index is 11.0. The van der Waals surface area contributed by atoms with Crippen molar-refractivity contribution in [2.45, 2.75) is 19.6 Å². The van der Waals surface area contributed by atoms with Gasteiger partial charge in [0.15, 0.2) is 0 Å². The van der Waals surface area contributed by atoms with Gasteiger partial charge in [-0.05, 0) is 24.6 Å². The zero-order valence-corrected chi connectivity index (χ0v) is 7.43. The molecule has 0 fully saturated rings. The molecule has 1 aromatic heterocycles. The van der Waals surface area contributed by atoms with Crippen LogP contribution in [0.2, 0.25) is 0 Å². The summed E-state index contributed by atoms with van der Waals surface area (Å²) >= 11 is 0. The number of esters is 1. The molecule has 70 valence electrons. The number of nitrogens with two attached hydrogens (primary N) is 1. The molecule has 1 heterocycles. The molecule has 0 spiro atoms. The Bertz CT molecular complexity index is 272. The number of pyridine rings is 1. The lowest BCUT2D eigenvalue weighted by Gasteiger charge is -2.06. The van der Waals surface area contributed by atoms with Crippen LogP contribution in [0.3, 0.4) is 0 Å². The fourth-order valence-corrected chi connectivity index (χ4v) is 0.765. The first kappa shape index (κ1) is 9.67. The molecule has 0 radical (unpaired) electrons. The Hall–Kier alpha value is -1.42. The van der Waals surface area contributed by atoms with Crippen molar-refractivity contribution in [3.63, 3.8) is 0 Å². The molecule has 1 unspecified atom stereocenters. The van der Waals surface area contributed by atoms with E-state index in [0.717, 1.165) is 5.56 Å². The normalized spacial score (nSPS) is 12.2. The fraction of sp³-hybridized carbons (Fsp3) is 0.333. The molecule has 13 heavy (non-hydrogen) atoms. The van der Waals surface area contributed by atoms with Gasteiger partial charge in [0, 0.05) is 12.4 Å². The van der Waals surface area contributed by atoms with Crippen LogP contribution in [-0.4, -0.2) is 17.0 Å². The minimum Gasteiger partial charge on any atom is -0.460 e. The van der Waals surface area contributed by atoms with Gasteiger partial charge in [-0.3, -0.25) is 9.78 Å². The largest absolute Gasteiger partial charge is 0.460 e. The molecule has 0 amide bonds. The van der Waals surface area contributed by atoms with Gasteiger partial charge in [-0.2, -0.15) is 0 Å². The maximum Gasteiger partial charge on any atom is 0.322 e. The van der Waals surface area contributed by atoms with Crippen LogP contribution in [0.25, 0.3) is 0 Å². The van der Waals surface area contributed by atoms with Crippen LogP contribution < -0.4 is 5.73 Å². The van der Waals surface area contributed by atoms with Gasteiger partial charge in [-0.15, -0.1) is 0 Å². The van der Waals surface area contributed by atoms with E-state index in [1.165, 1.54) is 0 Å². The van der Waals surface area contributed by atoms with Crippen LogP contribution in [0.5, 0.6) is 0 Å². The van der Waals surface area contributed by atoms with Crippen LogP contribution in [-0.2, 0) is 16.1 Å². The smallest absolute Gasteiger partial charge is 0.322 e. The molecule has 1 rings (SSSR count). The lowest BCUT2D eigenvalue weighted by atomic mass is 10.3. The van der Waals surface area contributed by atoms with Crippen molar-refractivity contribution >= 4 is 5.97 Å². The van der Waals surface area contributed by atoms with Gasteiger partial charge in [0.25, 0.3) is 0 Å². The van der Waals surface area contributed by atoms with Gasteiger partial charge >= 0.3 is 5.97 Å². The predicted molar refractivity (Wildman–Crippen MR) is 47.7 cm³/mol. The third-order valence-electron chi connectivity index (χ3n) is 1.50. The number of ether oxygens (including phenoxy) is 1. The topological polar surface area (TPSA) is 65.2 Å². The summed E-state index contributed by atoms with van der Waals surface area (Å²) in [4.78, 5) is 14.8. The Labute approximate surface area is 76.7 Å². The highest BCUT2D eigenvalue weighted by molar-refractivity contribution is 5.74. The number of carbonyl (C=O) groups is 1. The number of hydrogen-bond acceptors (Lipinski definition) is 4. The van der Waals surface area contributed by atoms with Gasteiger partial charge in [0.1, 0.15) is 12.6 Å². The van der Waals surface area contributed by atoms with Crippen LogP contribution in [0, 0.1) is 0 Å². The Kier molecular flexibility index (Phi) is 3.40. The minimum absolute atomic E-state index is 0.253. The first-order chi connectivity index (χ1) is 6.20. The fourth-order valence-electron chi connectivity index (χ4n) is 0.765. The SMILES string of the molecule is CC(N)C(=O)OCc1ccncc1. The lowest BCUT2D eigenvalue weighted by Crippen LogP contribution is -2.28. The highest BCUT2D eigenvalue weighted by Crippen LogP contribution is 1.99. The molecule has 4 heteroatoms. The zero-order chi connectivity index (χ0) is 9.68. The first-order valence-electron chi connectivity index (χ1n) is 4.01. The van der Waals surface area contributed by atoms with Crippen molar-refractivity contribution in [1.29, 1.82) is 0 Å². The van der Waals surface area contributed by atoms with E-state index in [1.54, 1.807) is 31.5 Å². The Morgan fingerprint density at radius 3 is 2.77 bits per heavy atom. The highest BCUT2D eigenvalue weighted by Gasteiger charge is 2.07. The van der Waals surface area contributed by atoms with E-state index >= 15 is 0 Å². The molecule has 0 aromatic carbocycles. The van der Waals surface area contributed by atoms with Crippen molar-refractivity contribution in [1.82, 2.24) is 4.98 Å². The Balaban J connectivity index is 2.40. The van der Waals surface area contributed by atoms with Crippen LogP contribution in [0.15, 0.2) is 24.5 Å². The van der Waals surface area contributed by atoms with Crippen molar-refractivity contribution in [3.8, 4) is 0 Å². The van der Waals surface area contributed by atoms with Gasteiger partial charge in [-0.25, -0.2) is 0 Å². The van der Waals surface area contributed by atoms with Gasteiger partial charge in [0.2, 0.25) is 0 Å². The summed E-state index contributed by atoms with van der Waals surface area (Å²) in [6, 6.07) is 3.00. The monoisotopic (exact) mass is 180 g/mol. The number of aromatic nitrogens is 1. The van der Waals surface area contributed by atoms with E-state index in [1.807, 2.05) is 0 Å². The third kappa shape index (κ3) is 3.21. The van der Waals surface area contributed by atoms with Crippen LogP contribution in [0.4, 0.5) is 0 Å². The standard InChI is InChI=1S/C9H12N2O2/c1-7(10)9(12)13-6-8-2-4-11-5-3-8/h2-5,7H,6,10H2,1H3. The molecule has 4 nitrogen and oxygen atoms in total. The number of nitrogens with zero attached hydrogens (tertiary/aromatic N) is 1. The van der Waals surface area contributed by atoms with E-state index in [2.05, 4.69) is 4.98 Å². The number of hydrogen-bond donors (Lipinski definition) is 1. The molecule has 1 atom stereocenters. The summed E-state index contributed by atoms with van der Waals surface area (Å²) in [7, 11) is 0. The second kappa shape index (κ2) is 4.57. The Morgan fingerprint density at radius 2 is 2.23 bits per heavy atom. The first-order valence-corrected chi connectivity index (χ1v) is 4.01. The molecule has 0 aliphatic carbocycles. The Morgan fingerprint density at radius 1 is 1.62 bits per heavy atom. The molecule has 2 N–H and O–H groups in total. The summed E-state index contributed by atoms with van der Waals surface area (Å²) in [5, 5.41) is 0. The molecule has 0 bridgehead atoms. The molecular formula is C9H12N2O2. The average molecular weight is 180 g/mol. The van der Waals surface area contributed by atoms with E-state index in [0.29, 0.717) is 0 Å². The number of carbonyl (C=O) groups excluding carboxylic acids is 1. The van der Waals surface area contributed by atoms with Crippen LogP contribution in [0.1, 0.15) is 12.5 Å². The van der Waals surface area contributed by atoms with Crippen LogP contribution >= 0.6 is 0 Å². The summed E-state index contributed by atoms with van der Waals surface area (Å²) < 4.78 is 4.90. The summed E-state index contributed by atoms with van der Waals surface area (Å²) in [6.07, 6.45) is 3.30. The summed E-state index contributed by atoms with van der Waals surface area (Å²) in [5.74, 6) is -0.392. The summed E-state index contributed by atoms with van der Waals surface area (Å²) in [5.41, 5.74) is 6.22. The average Bonchev–Trinajstić information content (AvgIpc) is 2.15. The van der Waals surface area contributed by atoms with Gasteiger partial charge in [0.05, 0.1) is 0 Å².